The molecule has 0 radical (unpaired) electrons. The summed E-state index contributed by atoms with van der Waals surface area (Å²) < 4.78 is 0. The minimum atomic E-state index is -0.484. The third kappa shape index (κ3) is 3.08. The molecule has 2 N–H and O–H groups in total. The van der Waals surface area contributed by atoms with Crippen LogP contribution >= 0.6 is 11.3 Å². The fraction of sp³-hybridized carbons (Fsp3) is 0.286. The Morgan fingerprint density at radius 3 is 2.71 bits per heavy atom. The van der Waals surface area contributed by atoms with Gasteiger partial charge in [-0.05, 0) is 36.2 Å². The van der Waals surface area contributed by atoms with Gasteiger partial charge in [0.2, 0.25) is 0 Å². The molecule has 0 saturated heterocycles. The Bertz CT molecular complexity index is 490. The molecule has 2 nitrogen and oxygen atoms in total. The number of aliphatic hydroxyl groups excluding tert-OH is 1. The van der Waals surface area contributed by atoms with Crippen LogP contribution in [0.1, 0.15) is 28.3 Å². The van der Waals surface area contributed by atoms with Crippen molar-refractivity contribution in [2.45, 2.75) is 25.9 Å². The highest BCUT2D eigenvalue weighted by Gasteiger charge is 2.11. The molecule has 1 atom stereocenters. The summed E-state index contributed by atoms with van der Waals surface area (Å²) in [5.41, 5.74) is 0.948. The second-order valence-corrected chi connectivity index (χ2v) is 5.25. The minimum absolute atomic E-state index is 0.245. The molecule has 0 aliphatic heterocycles. The lowest BCUT2D eigenvalue weighted by molar-refractivity contribution is 0.182. The summed E-state index contributed by atoms with van der Waals surface area (Å²) in [6, 6.07) is 11.1. The van der Waals surface area contributed by atoms with Crippen molar-refractivity contribution in [3.8, 4) is 5.75 Å². The van der Waals surface area contributed by atoms with Crippen molar-refractivity contribution in [2.75, 3.05) is 0 Å². The highest BCUT2D eigenvalue weighted by molar-refractivity contribution is 7.12. The van der Waals surface area contributed by atoms with Crippen molar-refractivity contribution in [1.82, 2.24) is 0 Å². The number of phenolic OH excluding ortho intramolecular Hbond substituents is 1. The number of hydrogen-bond donors (Lipinski definition) is 2. The van der Waals surface area contributed by atoms with E-state index in [2.05, 4.69) is 13.0 Å². The molecule has 0 amide bonds. The molecule has 90 valence electrons. The largest absolute Gasteiger partial charge is 0.508 e. The number of phenols is 1. The van der Waals surface area contributed by atoms with E-state index in [0.717, 1.165) is 16.9 Å². The quantitative estimate of drug-likeness (QED) is 0.871. The summed E-state index contributed by atoms with van der Waals surface area (Å²) in [5.74, 6) is 0.245. The third-order valence-electron chi connectivity index (χ3n) is 2.70. The van der Waals surface area contributed by atoms with E-state index in [0.29, 0.717) is 6.42 Å². The molecule has 1 heterocycles. The van der Waals surface area contributed by atoms with E-state index < -0.39 is 6.10 Å². The molecular weight excluding hydrogens is 232 g/mol. The first-order valence-corrected chi connectivity index (χ1v) is 6.55. The van der Waals surface area contributed by atoms with Crippen LogP contribution in [0, 0.1) is 0 Å². The number of thiophene rings is 1. The molecule has 0 bridgehead atoms. The smallest absolute Gasteiger partial charge is 0.115 e. The number of hydrogen-bond acceptors (Lipinski definition) is 3. The van der Waals surface area contributed by atoms with Crippen molar-refractivity contribution in [1.29, 1.82) is 0 Å². The second-order valence-electron chi connectivity index (χ2n) is 4.05. The van der Waals surface area contributed by atoms with Crippen LogP contribution < -0.4 is 0 Å². The van der Waals surface area contributed by atoms with Crippen molar-refractivity contribution >= 4 is 11.3 Å². The first-order chi connectivity index (χ1) is 8.19. The molecule has 1 aromatic carbocycles. The average Bonchev–Trinajstić information content (AvgIpc) is 2.77. The highest BCUT2D eigenvalue weighted by atomic mass is 32.1. The van der Waals surface area contributed by atoms with Crippen LogP contribution in [0.4, 0.5) is 0 Å². The summed E-state index contributed by atoms with van der Waals surface area (Å²) in [7, 11) is 0. The van der Waals surface area contributed by atoms with Crippen molar-refractivity contribution in [2.24, 2.45) is 0 Å². The Hall–Kier alpha value is -1.32. The SMILES string of the molecule is CCc1ccc(C(O)Cc2cccc(O)c2)s1. The van der Waals surface area contributed by atoms with E-state index in [9.17, 15) is 10.2 Å². The van der Waals surface area contributed by atoms with Gasteiger partial charge in [-0.25, -0.2) is 0 Å². The molecule has 1 aromatic heterocycles. The molecular formula is C14H16O2S. The summed E-state index contributed by atoms with van der Waals surface area (Å²) in [6.45, 7) is 2.11. The van der Waals surface area contributed by atoms with E-state index in [1.54, 1.807) is 29.5 Å². The Morgan fingerprint density at radius 2 is 2.06 bits per heavy atom. The maximum Gasteiger partial charge on any atom is 0.115 e. The fourth-order valence-corrected chi connectivity index (χ4v) is 2.71. The molecule has 0 aliphatic carbocycles. The molecule has 17 heavy (non-hydrogen) atoms. The van der Waals surface area contributed by atoms with Crippen LogP contribution in [-0.2, 0) is 12.8 Å². The van der Waals surface area contributed by atoms with Gasteiger partial charge in [-0.3, -0.25) is 0 Å². The lowest BCUT2D eigenvalue weighted by Gasteiger charge is -2.08. The maximum atomic E-state index is 10.1. The monoisotopic (exact) mass is 248 g/mol. The van der Waals surface area contributed by atoms with E-state index in [4.69, 9.17) is 0 Å². The zero-order valence-electron chi connectivity index (χ0n) is 9.76. The predicted octanol–water partition coefficient (Wildman–Crippen LogP) is 3.29. The Kier molecular flexibility index (Phi) is 3.82. The van der Waals surface area contributed by atoms with E-state index in [-0.39, 0.29) is 5.75 Å². The van der Waals surface area contributed by atoms with Crippen LogP contribution in [-0.4, -0.2) is 10.2 Å². The summed E-state index contributed by atoms with van der Waals surface area (Å²) in [5, 5.41) is 19.5. The fourth-order valence-electron chi connectivity index (χ4n) is 1.77. The molecule has 0 saturated carbocycles. The van der Waals surface area contributed by atoms with Gasteiger partial charge in [0.15, 0.2) is 0 Å². The van der Waals surface area contributed by atoms with E-state index >= 15 is 0 Å². The molecule has 0 fully saturated rings. The van der Waals surface area contributed by atoms with Gasteiger partial charge >= 0.3 is 0 Å². The summed E-state index contributed by atoms with van der Waals surface area (Å²) >= 11 is 1.65. The Balaban J connectivity index is 2.08. The third-order valence-corrected chi connectivity index (χ3v) is 4.03. The van der Waals surface area contributed by atoms with Gasteiger partial charge in [0.25, 0.3) is 0 Å². The molecule has 0 spiro atoms. The van der Waals surface area contributed by atoms with E-state index in [1.165, 1.54) is 4.88 Å². The number of benzene rings is 1. The van der Waals surface area contributed by atoms with Crippen LogP contribution in [0.15, 0.2) is 36.4 Å². The average molecular weight is 248 g/mol. The Morgan fingerprint density at radius 1 is 1.24 bits per heavy atom. The number of aromatic hydroxyl groups is 1. The first kappa shape index (κ1) is 12.1. The van der Waals surface area contributed by atoms with Gasteiger partial charge in [-0.1, -0.05) is 19.1 Å². The normalized spacial score (nSPS) is 12.6. The highest BCUT2D eigenvalue weighted by Crippen LogP contribution is 2.27. The molecule has 2 rings (SSSR count). The minimum Gasteiger partial charge on any atom is -0.508 e. The first-order valence-electron chi connectivity index (χ1n) is 5.73. The van der Waals surface area contributed by atoms with Gasteiger partial charge in [0, 0.05) is 16.2 Å². The molecule has 1 unspecified atom stereocenters. The van der Waals surface area contributed by atoms with Gasteiger partial charge < -0.3 is 10.2 Å². The molecule has 3 heteroatoms. The standard InChI is InChI=1S/C14H16O2S/c1-2-12-6-7-14(17-12)13(16)9-10-4-3-5-11(15)8-10/h3-8,13,15-16H,2,9H2,1H3. The van der Waals surface area contributed by atoms with Gasteiger partial charge in [-0.2, -0.15) is 0 Å². The van der Waals surface area contributed by atoms with Crippen molar-refractivity contribution in [3.05, 3.63) is 51.7 Å². The van der Waals surface area contributed by atoms with Gasteiger partial charge in [-0.15, -0.1) is 11.3 Å². The Labute approximate surface area is 105 Å². The topological polar surface area (TPSA) is 40.5 Å². The van der Waals surface area contributed by atoms with E-state index in [1.807, 2.05) is 12.1 Å². The lowest BCUT2D eigenvalue weighted by Crippen LogP contribution is -1.99. The maximum absolute atomic E-state index is 10.1. The summed E-state index contributed by atoms with van der Waals surface area (Å²) in [6.07, 6.45) is 1.06. The van der Waals surface area contributed by atoms with Crippen molar-refractivity contribution in [3.63, 3.8) is 0 Å². The number of aryl methyl sites for hydroxylation is 1. The number of aliphatic hydroxyl groups is 1. The number of rotatable bonds is 4. The summed E-state index contributed by atoms with van der Waals surface area (Å²) in [4.78, 5) is 2.28. The predicted molar refractivity (Wildman–Crippen MR) is 70.5 cm³/mol. The van der Waals surface area contributed by atoms with Crippen LogP contribution in [0.25, 0.3) is 0 Å². The molecule has 0 aliphatic rings. The van der Waals surface area contributed by atoms with Gasteiger partial charge in [0.1, 0.15) is 5.75 Å². The zero-order chi connectivity index (χ0) is 12.3. The zero-order valence-corrected chi connectivity index (χ0v) is 10.6. The van der Waals surface area contributed by atoms with Crippen LogP contribution in [0.5, 0.6) is 5.75 Å². The second kappa shape index (κ2) is 5.34. The molecule has 2 aromatic rings. The van der Waals surface area contributed by atoms with Crippen molar-refractivity contribution < 1.29 is 10.2 Å². The van der Waals surface area contributed by atoms with Crippen LogP contribution in [0.2, 0.25) is 0 Å². The van der Waals surface area contributed by atoms with Gasteiger partial charge in [0.05, 0.1) is 6.10 Å². The lowest BCUT2D eigenvalue weighted by atomic mass is 10.1. The van der Waals surface area contributed by atoms with Crippen LogP contribution in [0.3, 0.4) is 0 Å².